The van der Waals surface area contributed by atoms with Crippen LogP contribution in [0.4, 0.5) is 10.5 Å². The smallest absolute Gasteiger partial charge is 0.417 e. The lowest BCUT2D eigenvalue weighted by atomic mass is 10.0. The molecule has 0 radical (unpaired) electrons. The fraction of sp³-hybridized carbons (Fsp3) is 0.208. The molecule has 2 aliphatic heterocycles. The van der Waals surface area contributed by atoms with Crippen molar-refractivity contribution >= 4 is 35.3 Å². The van der Waals surface area contributed by atoms with Crippen molar-refractivity contribution < 1.29 is 28.5 Å². The summed E-state index contributed by atoms with van der Waals surface area (Å²) in [6.07, 6.45) is 1.55. The van der Waals surface area contributed by atoms with Crippen molar-refractivity contribution in [2.24, 2.45) is 5.92 Å². The highest BCUT2D eigenvalue weighted by Crippen LogP contribution is 2.28. The number of fused-ring (bicyclic) bond motifs is 1. The summed E-state index contributed by atoms with van der Waals surface area (Å²) in [5.41, 5.74) is 1.59. The fourth-order valence-corrected chi connectivity index (χ4v) is 4.01. The molecule has 2 aromatic rings. The molecule has 1 saturated heterocycles. The van der Waals surface area contributed by atoms with E-state index in [1.165, 1.54) is 19.1 Å². The van der Waals surface area contributed by atoms with Crippen LogP contribution in [0.1, 0.15) is 15.9 Å². The molecule has 9 nitrogen and oxygen atoms in total. The average molecular weight is 447 g/mol. The number of methoxy groups -OCH3 is 1. The van der Waals surface area contributed by atoms with Crippen molar-refractivity contribution in [3.63, 3.8) is 0 Å². The number of amides is 4. The molecule has 0 bridgehead atoms. The SMILES string of the molecule is COC(=O)c1ccccc1NC(=O)C1=CC2C(=O)N(C)C(=O)N(C)C2=[N+]1Cc1ccccc1. The molecule has 168 valence electrons. The van der Waals surface area contributed by atoms with Gasteiger partial charge >= 0.3 is 12.0 Å². The van der Waals surface area contributed by atoms with Crippen LogP contribution in [0.15, 0.2) is 66.4 Å². The first-order valence-electron chi connectivity index (χ1n) is 10.3. The number of nitrogens with one attached hydrogen (secondary N) is 1. The van der Waals surface area contributed by atoms with Gasteiger partial charge in [-0.2, -0.15) is 4.90 Å². The highest BCUT2D eigenvalue weighted by molar-refractivity contribution is 6.19. The van der Waals surface area contributed by atoms with Gasteiger partial charge in [0, 0.05) is 7.05 Å². The average Bonchev–Trinajstić information content (AvgIpc) is 3.21. The van der Waals surface area contributed by atoms with Crippen LogP contribution in [0.5, 0.6) is 0 Å². The summed E-state index contributed by atoms with van der Waals surface area (Å²) in [5.74, 6) is -1.88. The largest absolute Gasteiger partial charge is 0.465 e. The van der Waals surface area contributed by atoms with E-state index in [1.54, 1.807) is 42.0 Å². The van der Waals surface area contributed by atoms with Gasteiger partial charge in [-0.05, 0) is 23.8 Å². The van der Waals surface area contributed by atoms with Gasteiger partial charge in [-0.3, -0.25) is 9.59 Å². The van der Waals surface area contributed by atoms with Crippen LogP contribution in [0.2, 0.25) is 0 Å². The summed E-state index contributed by atoms with van der Waals surface area (Å²) < 4.78 is 6.46. The first-order chi connectivity index (χ1) is 15.8. The summed E-state index contributed by atoms with van der Waals surface area (Å²) in [5, 5.41) is 2.75. The van der Waals surface area contributed by atoms with Gasteiger partial charge in [0.05, 0.1) is 25.4 Å². The van der Waals surface area contributed by atoms with Crippen LogP contribution in [0.25, 0.3) is 0 Å². The zero-order valence-corrected chi connectivity index (χ0v) is 18.4. The second-order valence-electron chi connectivity index (χ2n) is 7.69. The number of para-hydroxylation sites is 1. The number of anilines is 1. The van der Waals surface area contributed by atoms with Gasteiger partial charge in [-0.1, -0.05) is 42.5 Å². The van der Waals surface area contributed by atoms with Gasteiger partial charge < -0.3 is 10.1 Å². The Morgan fingerprint density at radius 2 is 1.67 bits per heavy atom. The molecule has 0 aliphatic carbocycles. The molecule has 2 aliphatic rings. The molecular weight excluding hydrogens is 424 g/mol. The van der Waals surface area contributed by atoms with E-state index >= 15 is 0 Å². The van der Waals surface area contributed by atoms with Crippen molar-refractivity contribution in [3.8, 4) is 0 Å². The molecule has 0 spiro atoms. The molecule has 2 aromatic carbocycles. The molecule has 1 atom stereocenters. The summed E-state index contributed by atoms with van der Waals surface area (Å²) in [4.78, 5) is 53.4. The van der Waals surface area contributed by atoms with Crippen molar-refractivity contribution in [1.29, 1.82) is 0 Å². The van der Waals surface area contributed by atoms with E-state index in [0.29, 0.717) is 5.84 Å². The lowest BCUT2D eigenvalue weighted by Crippen LogP contribution is -2.57. The molecule has 33 heavy (non-hydrogen) atoms. The maximum Gasteiger partial charge on any atom is 0.417 e. The second kappa shape index (κ2) is 8.70. The minimum atomic E-state index is -0.780. The molecule has 4 rings (SSSR count). The van der Waals surface area contributed by atoms with E-state index in [0.717, 1.165) is 10.5 Å². The highest BCUT2D eigenvalue weighted by Gasteiger charge is 2.51. The van der Waals surface area contributed by atoms with Gasteiger partial charge in [0.1, 0.15) is 6.54 Å². The maximum atomic E-state index is 13.4. The van der Waals surface area contributed by atoms with Crippen LogP contribution >= 0.6 is 0 Å². The molecule has 1 N–H and O–H groups in total. The third kappa shape index (κ3) is 3.89. The van der Waals surface area contributed by atoms with Crippen molar-refractivity contribution in [3.05, 3.63) is 77.5 Å². The zero-order chi connectivity index (χ0) is 23.7. The number of benzene rings is 2. The quantitative estimate of drug-likeness (QED) is 0.559. The number of ether oxygens (including phenoxy) is 1. The topological polar surface area (TPSA) is 99.0 Å². The Balaban J connectivity index is 1.76. The summed E-state index contributed by atoms with van der Waals surface area (Å²) in [7, 11) is 4.25. The second-order valence-corrected chi connectivity index (χ2v) is 7.69. The van der Waals surface area contributed by atoms with Crippen molar-refractivity contribution in [2.75, 3.05) is 26.5 Å². The van der Waals surface area contributed by atoms with E-state index in [4.69, 9.17) is 4.74 Å². The van der Waals surface area contributed by atoms with Gasteiger partial charge in [-0.15, -0.1) is 0 Å². The predicted octanol–water partition coefficient (Wildman–Crippen LogP) is 2.06. The standard InChI is InChI=1S/C24H22N4O5/c1-26-21-17(22(30)27(2)24(26)32)13-19(28(21)14-15-9-5-4-6-10-15)20(29)25-18-12-8-7-11-16(18)23(31)33-3/h4-13,17H,14H2,1-3H3/p+1. The van der Waals surface area contributed by atoms with E-state index in [1.807, 2.05) is 30.3 Å². The number of esters is 1. The van der Waals surface area contributed by atoms with Crippen molar-refractivity contribution in [1.82, 2.24) is 9.80 Å². The summed E-state index contributed by atoms with van der Waals surface area (Å²) >= 11 is 0. The lowest BCUT2D eigenvalue weighted by Gasteiger charge is -2.27. The molecular formula is C24H23N4O5+. The van der Waals surface area contributed by atoms with E-state index in [2.05, 4.69) is 5.32 Å². The molecule has 0 saturated carbocycles. The Hall–Kier alpha value is -4.27. The number of hydrogen-bond donors (Lipinski definition) is 1. The third-order valence-electron chi connectivity index (χ3n) is 5.68. The van der Waals surface area contributed by atoms with Crippen LogP contribution in [0.3, 0.4) is 0 Å². The number of urea groups is 1. The van der Waals surface area contributed by atoms with E-state index in [-0.39, 0.29) is 23.5 Å². The first kappa shape index (κ1) is 21.9. The number of carbonyl (C=O) groups excluding carboxylic acids is 4. The Bertz CT molecular complexity index is 1220. The summed E-state index contributed by atoms with van der Waals surface area (Å²) in [6, 6.07) is 15.4. The Morgan fingerprint density at radius 1 is 1.00 bits per heavy atom. The van der Waals surface area contributed by atoms with Gasteiger partial charge in [-0.25, -0.2) is 19.1 Å². The normalized spacial score (nSPS) is 17.7. The van der Waals surface area contributed by atoms with Crippen LogP contribution in [-0.4, -0.2) is 65.2 Å². The molecule has 0 aromatic heterocycles. The van der Waals surface area contributed by atoms with Gasteiger partial charge in [0.25, 0.3) is 17.6 Å². The number of hydrogen-bond acceptors (Lipinski definition) is 5. The van der Waals surface area contributed by atoms with Crippen LogP contribution in [0, 0.1) is 5.92 Å². The van der Waals surface area contributed by atoms with E-state index in [9.17, 15) is 19.2 Å². The Kier molecular flexibility index (Phi) is 5.78. The van der Waals surface area contributed by atoms with Gasteiger partial charge in [0.15, 0.2) is 11.6 Å². The highest BCUT2D eigenvalue weighted by atomic mass is 16.5. The fourth-order valence-electron chi connectivity index (χ4n) is 4.01. The first-order valence-corrected chi connectivity index (χ1v) is 10.3. The van der Waals surface area contributed by atoms with Crippen LogP contribution < -0.4 is 5.32 Å². The lowest BCUT2D eigenvalue weighted by molar-refractivity contribution is -0.489. The predicted molar refractivity (Wildman–Crippen MR) is 119 cm³/mol. The minimum Gasteiger partial charge on any atom is -0.465 e. The molecule has 9 heteroatoms. The number of amidine groups is 1. The number of carbonyl (C=O) groups is 4. The number of rotatable bonds is 5. The summed E-state index contributed by atoms with van der Waals surface area (Å²) in [6.45, 7) is 0.277. The molecule has 1 unspecified atom stereocenters. The number of nitrogens with zero attached hydrogens (tertiary/aromatic N) is 3. The van der Waals surface area contributed by atoms with Crippen molar-refractivity contribution in [2.45, 2.75) is 6.54 Å². The number of imide groups is 1. The van der Waals surface area contributed by atoms with Gasteiger partial charge in [0.2, 0.25) is 0 Å². The Labute approximate surface area is 190 Å². The zero-order valence-electron chi connectivity index (χ0n) is 18.4. The molecule has 1 fully saturated rings. The minimum absolute atomic E-state index is 0.203. The maximum absolute atomic E-state index is 13.4. The van der Waals surface area contributed by atoms with Crippen LogP contribution in [-0.2, 0) is 20.9 Å². The van der Waals surface area contributed by atoms with E-state index < -0.39 is 29.7 Å². The Morgan fingerprint density at radius 3 is 2.36 bits per heavy atom. The third-order valence-corrected chi connectivity index (χ3v) is 5.68. The molecule has 2 heterocycles. The monoisotopic (exact) mass is 447 g/mol. The molecule has 4 amide bonds.